The minimum absolute atomic E-state index is 0.147. The van der Waals surface area contributed by atoms with Gasteiger partial charge in [-0.3, -0.25) is 14.3 Å². The number of sulfonamides is 1. The van der Waals surface area contributed by atoms with Crippen LogP contribution in [-0.2, 0) is 10.0 Å². The highest BCUT2D eigenvalue weighted by Crippen LogP contribution is 2.43. The van der Waals surface area contributed by atoms with Crippen LogP contribution in [0.3, 0.4) is 0 Å². The van der Waals surface area contributed by atoms with Gasteiger partial charge in [0.1, 0.15) is 22.0 Å². The summed E-state index contributed by atoms with van der Waals surface area (Å²) in [4.78, 5) is 22.6. The molecule has 4 aromatic rings. The van der Waals surface area contributed by atoms with Crippen molar-refractivity contribution in [2.45, 2.75) is 37.8 Å². The molecule has 14 heteroatoms. The summed E-state index contributed by atoms with van der Waals surface area (Å²) in [5.74, 6) is 1.25. The second kappa shape index (κ2) is 12.2. The summed E-state index contributed by atoms with van der Waals surface area (Å²) < 4.78 is 33.1. The third-order valence-corrected chi connectivity index (χ3v) is 9.53. The van der Waals surface area contributed by atoms with Crippen molar-refractivity contribution >= 4 is 67.2 Å². The lowest BCUT2D eigenvalue weighted by atomic mass is 10.0. The predicted molar refractivity (Wildman–Crippen MR) is 175 cm³/mol. The molecule has 0 radical (unpaired) electrons. The number of methoxy groups -OCH3 is 1. The van der Waals surface area contributed by atoms with Gasteiger partial charge in [0.15, 0.2) is 5.82 Å². The summed E-state index contributed by atoms with van der Waals surface area (Å²) in [5, 5.41) is 6.76. The van der Waals surface area contributed by atoms with Crippen molar-refractivity contribution in [1.82, 2.24) is 24.8 Å². The van der Waals surface area contributed by atoms with E-state index in [4.69, 9.17) is 16.3 Å². The van der Waals surface area contributed by atoms with Crippen molar-refractivity contribution in [3.63, 3.8) is 0 Å². The number of piperidine rings is 1. The largest absolute Gasteiger partial charge is 0.494 e. The van der Waals surface area contributed by atoms with E-state index in [-0.39, 0.29) is 11.1 Å². The number of hydrogen-bond donors (Lipinski definition) is 2. The molecule has 1 saturated carbocycles. The Balaban J connectivity index is 1.28. The molecule has 0 amide bonds. The van der Waals surface area contributed by atoms with E-state index in [9.17, 15) is 8.42 Å². The van der Waals surface area contributed by atoms with Crippen LogP contribution in [0.2, 0.25) is 5.02 Å². The molecule has 2 aromatic heterocycles. The summed E-state index contributed by atoms with van der Waals surface area (Å²) in [6, 6.07) is 10.0. The van der Waals surface area contributed by atoms with Crippen LogP contribution in [0, 0.1) is 0 Å². The van der Waals surface area contributed by atoms with Crippen molar-refractivity contribution in [2.24, 2.45) is 0 Å². The highest BCUT2D eigenvalue weighted by atomic mass is 35.5. The summed E-state index contributed by atoms with van der Waals surface area (Å²) in [7, 11) is 2.29. The van der Waals surface area contributed by atoms with Crippen LogP contribution in [0.25, 0.3) is 11.0 Å². The summed E-state index contributed by atoms with van der Waals surface area (Å²) in [5.41, 5.74) is 3.75. The summed E-state index contributed by atoms with van der Waals surface area (Å²) in [6.07, 6.45) is 9.57. The highest BCUT2D eigenvalue weighted by molar-refractivity contribution is 7.92. The summed E-state index contributed by atoms with van der Waals surface area (Å²) in [6.45, 7) is 1.96. The Hall–Kier alpha value is -3.94. The lowest BCUT2D eigenvalue weighted by Gasteiger charge is -2.36. The molecule has 44 heavy (non-hydrogen) atoms. The van der Waals surface area contributed by atoms with Gasteiger partial charge in [0.2, 0.25) is 16.0 Å². The van der Waals surface area contributed by atoms with Gasteiger partial charge in [-0.1, -0.05) is 11.6 Å². The normalized spacial score (nSPS) is 15.9. The first kappa shape index (κ1) is 30.1. The van der Waals surface area contributed by atoms with E-state index in [1.807, 2.05) is 12.1 Å². The second-order valence-corrected chi connectivity index (χ2v) is 13.6. The standard InChI is InChI=1S/C30H36ClN9O3S/c1-38(2)19-11-15-39(16-12-19)21-7-8-23(26(17-21)43-3)36-30-34-18-22(31)29(37-30)35-25-10-9-24-27(33-14-13-32-24)28(25)40(20-5-6-20)44(4,41)42/h7-10,13-14,17-20H,5-6,11-12,15-16H2,1-4H3,(H2,34,35,36,37). The fourth-order valence-corrected chi connectivity index (χ4v) is 7.06. The number of anilines is 6. The van der Waals surface area contributed by atoms with Gasteiger partial charge in [0, 0.05) is 49.3 Å². The zero-order valence-electron chi connectivity index (χ0n) is 25.2. The second-order valence-electron chi connectivity index (χ2n) is 11.4. The van der Waals surface area contributed by atoms with Crippen LogP contribution in [0.5, 0.6) is 5.75 Å². The van der Waals surface area contributed by atoms with Crippen molar-refractivity contribution in [2.75, 3.05) is 60.4 Å². The maximum absolute atomic E-state index is 13.0. The molecule has 3 heterocycles. The van der Waals surface area contributed by atoms with Crippen molar-refractivity contribution in [1.29, 1.82) is 0 Å². The van der Waals surface area contributed by atoms with Gasteiger partial charge in [-0.25, -0.2) is 13.4 Å². The fourth-order valence-electron chi connectivity index (χ4n) is 5.66. The fraction of sp³-hybridized carbons (Fsp3) is 0.400. The number of benzene rings is 2. The molecule has 2 fully saturated rings. The van der Waals surface area contributed by atoms with E-state index in [2.05, 4.69) is 60.5 Å². The van der Waals surface area contributed by atoms with Gasteiger partial charge < -0.3 is 25.2 Å². The Morgan fingerprint density at radius 1 is 0.955 bits per heavy atom. The van der Waals surface area contributed by atoms with Gasteiger partial charge in [-0.05, 0) is 64.0 Å². The SMILES string of the molecule is COc1cc(N2CCC(N(C)C)CC2)ccc1Nc1ncc(Cl)c(Nc2ccc3nccnc3c2N(C2CC2)S(C)(=O)=O)n1. The van der Waals surface area contributed by atoms with Crippen LogP contribution in [0.15, 0.2) is 48.9 Å². The Kier molecular flexibility index (Phi) is 8.36. The average Bonchev–Trinajstić information content (AvgIpc) is 3.84. The zero-order valence-corrected chi connectivity index (χ0v) is 26.7. The predicted octanol–water partition coefficient (Wildman–Crippen LogP) is 5.03. The first-order chi connectivity index (χ1) is 21.1. The summed E-state index contributed by atoms with van der Waals surface area (Å²) >= 11 is 6.55. The number of hydrogen-bond acceptors (Lipinski definition) is 11. The molecule has 12 nitrogen and oxygen atoms in total. The molecule has 1 aliphatic carbocycles. The Morgan fingerprint density at radius 2 is 1.68 bits per heavy atom. The van der Waals surface area contributed by atoms with E-state index >= 15 is 0 Å². The quantitative estimate of drug-likeness (QED) is 0.243. The molecule has 2 aromatic carbocycles. The Labute approximate surface area is 262 Å². The molecular formula is C30H36ClN9O3S. The third-order valence-electron chi connectivity index (χ3n) is 8.06. The first-order valence-electron chi connectivity index (χ1n) is 14.5. The topological polar surface area (TPSA) is 129 Å². The number of nitrogens with zero attached hydrogens (tertiary/aromatic N) is 7. The molecule has 0 bridgehead atoms. The van der Waals surface area contributed by atoms with Crippen molar-refractivity contribution in [3.8, 4) is 5.75 Å². The van der Waals surface area contributed by atoms with E-state index in [1.54, 1.807) is 31.6 Å². The minimum atomic E-state index is -3.62. The number of rotatable bonds is 10. The maximum Gasteiger partial charge on any atom is 0.232 e. The van der Waals surface area contributed by atoms with E-state index in [1.165, 1.54) is 16.8 Å². The van der Waals surface area contributed by atoms with Gasteiger partial charge in [-0.2, -0.15) is 4.98 Å². The van der Waals surface area contributed by atoms with Crippen LogP contribution in [-0.4, -0.2) is 85.9 Å². The van der Waals surface area contributed by atoms with Crippen LogP contribution < -0.4 is 24.6 Å². The minimum Gasteiger partial charge on any atom is -0.494 e. The maximum atomic E-state index is 13.0. The van der Waals surface area contributed by atoms with Gasteiger partial charge in [-0.15, -0.1) is 0 Å². The average molecular weight is 638 g/mol. The van der Waals surface area contributed by atoms with E-state index in [0.29, 0.717) is 51.7 Å². The van der Waals surface area contributed by atoms with Crippen LogP contribution in [0.4, 0.5) is 34.5 Å². The monoisotopic (exact) mass is 637 g/mol. The number of aromatic nitrogens is 4. The number of ether oxygens (including phenoxy) is 1. The first-order valence-corrected chi connectivity index (χ1v) is 16.7. The lowest BCUT2D eigenvalue weighted by Crippen LogP contribution is -2.41. The molecule has 0 unspecified atom stereocenters. The molecule has 2 N–H and O–H groups in total. The molecule has 0 spiro atoms. The molecule has 1 aliphatic heterocycles. The molecular weight excluding hydrogens is 602 g/mol. The van der Waals surface area contributed by atoms with E-state index < -0.39 is 10.0 Å². The van der Waals surface area contributed by atoms with Crippen LogP contribution >= 0.6 is 11.6 Å². The van der Waals surface area contributed by atoms with Gasteiger partial charge in [0.05, 0.1) is 36.5 Å². The zero-order chi connectivity index (χ0) is 31.0. The highest BCUT2D eigenvalue weighted by Gasteiger charge is 2.38. The third kappa shape index (κ3) is 6.30. The molecule has 232 valence electrons. The molecule has 2 aliphatic rings. The van der Waals surface area contributed by atoms with Gasteiger partial charge >= 0.3 is 0 Å². The van der Waals surface area contributed by atoms with Crippen LogP contribution in [0.1, 0.15) is 25.7 Å². The Bertz CT molecular complexity index is 1780. The van der Waals surface area contributed by atoms with Crippen molar-refractivity contribution < 1.29 is 13.2 Å². The number of halogens is 1. The van der Waals surface area contributed by atoms with Crippen molar-refractivity contribution in [3.05, 3.63) is 53.9 Å². The number of nitrogens with one attached hydrogen (secondary N) is 2. The smallest absolute Gasteiger partial charge is 0.232 e. The molecule has 6 rings (SSSR count). The molecule has 0 atom stereocenters. The number of fused-ring (bicyclic) bond motifs is 1. The van der Waals surface area contributed by atoms with Gasteiger partial charge in [0.25, 0.3) is 0 Å². The lowest BCUT2D eigenvalue weighted by molar-refractivity contribution is 0.249. The molecule has 1 saturated heterocycles. The van der Waals surface area contributed by atoms with E-state index in [0.717, 1.165) is 44.5 Å². The Morgan fingerprint density at radius 3 is 2.36 bits per heavy atom.